The number of halogens is 1. The van der Waals surface area contributed by atoms with Crippen LogP contribution < -0.4 is 4.90 Å². The van der Waals surface area contributed by atoms with Gasteiger partial charge in [-0.25, -0.2) is 4.79 Å². The van der Waals surface area contributed by atoms with Crippen LogP contribution in [0.4, 0.5) is 10.5 Å². The summed E-state index contributed by atoms with van der Waals surface area (Å²) in [5.74, 6) is 0.505. The van der Waals surface area contributed by atoms with Crippen LogP contribution >= 0.6 is 15.9 Å². The first-order valence-electron chi connectivity index (χ1n) is 7.67. The van der Waals surface area contributed by atoms with Gasteiger partial charge in [0.1, 0.15) is 5.60 Å². The molecule has 2 aliphatic heterocycles. The van der Waals surface area contributed by atoms with E-state index in [1.54, 1.807) is 6.20 Å². The molecule has 1 amide bonds. The molecule has 22 heavy (non-hydrogen) atoms. The fourth-order valence-corrected chi connectivity index (χ4v) is 3.64. The average molecular weight is 368 g/mol. The van der Waals surface area contributed by atoms with Crippen molar-refractivity contribution in [2.75, 3.05) is 24.5 Å². The fraction of sp³-hybridized carbons (Fsp3) is 0.625. The van der Waals surface area contributed by atoms with Crippen LogP contribution in [0, 0.1) is 5.92 Å². The second-order valence-corrected chi connectivity index (χ2v) is 8.07. The molecule has 6 heteroatoms. The SMILES string of the molecule is CC(C)(C)OC(=O)N1CC2CC1CN(c1cncc(Br)c1)C2. The Morgan fingerprint density at radius 1 is 1.32 bits per heavy atom. The van der Waals surface area contributed by atoms with E-state index in [1.165, 1.54) is 0 Å². The van der Waals surface area contributed by atoms with E-state index in [2.05, 4.69) is 31.9 Å². The van der Waals surface area contributed by atoms with Gasteiger partial charge in [-0.15, -0.1) is 0 Å². The van der Waals surface area contributed by atoms with Crippen molar-refractivity contribution < 1.29 is 9.53 Å². The minimum Gasteiger partial charge on any atom is -0.444 e. The Morgan fingerprint density at radius 2 is 2.09 bits per heavy atom. The molecular formula is C16H22BrN3O2. The lowest BCUT2D eigenvalue weighted by Gasteiger charge is -2.34. The molecule has 0 aliphatic carbocycles. The van der Waals surface area contributed by atoms with E-state index in [1.807, 2.05) is 31.9 Å². The van der Waals surface area contributed by atoms with Gasteiger partial charge in [0.05, 0.1) is 17.9 Å². The molecular weight excluding hydrogens is 346 g/mol. The van der Waals surface area contributed by atoms with Gasteiger partial charge in [0.25, 0.3) is 0 Å². The Hall–Kier alpha value is -1.30. The summed E-state index contributed by atoms with van der Waals surface area (Å²) in [5.41, 5.74) is 0.664. The van der Waals surface area contributed by atoms with Gasteiger partial charge in [-0.2, -0.15) is 0 Å². The lowest BCUT2D eigenvalue weighted by molar-refractivity contribution is 0.0233. The number of nitrogens with zero attached hydrogens (tertiary/aromatic N) is 3. The van der Waals surface area contributed by atoms with E-state index in [9.17, 15) is 4.79 Å². The number of anilines is 1. The highest BCUT2D eigenvalue weighted by Crippen LogP contribution is 2.33. The van der Waals surface area contributed by atoms with Crippen LogP contribution in [0.1, 0.15) is 27.2 Å². The lowest BCUT2D eigenvalue weighted by atomic mass is 9.99. The van der Waals surface area contributed by atoms with Crippen molar-refractivity contribution in [1.29, 1.82) is 0 Å². The number of pyridine rings is 1. The summed E-state index contributed by atoms with van der Waals surface area (Å²) in [6.45, 7) is 8.32. The van der Waals surface area contributed by atoms with Crippen molar-refractivity contribution in [2.24, 2.45) is 5.92 Å². The highest BCUT2D eigenvalue weighted by Gasteiger charge is 2.42. The molecule has 120 valence electrons. The normalized spacial score (nSPS) is 24.5. The van der Waals surface area contributed by atoms with Crippen LogP contribution in [0.25, 0.3) is 0 Å². The summed E-state index contributed by atoms with van der Waals surface area (Å²) in [5, 5.41) is 0. The molecule has 0 saturated carbocycles. The predicted octanol–water partition coefficient (Wildman–Crippen LogP) is 3.29. The van der Waals surface area contributed by atoms with Crippen LogP contribution in [0.5, 0.6) is 0 Å². The molecule has 0 spiro atoms. The summed E-state index contributed by atoms with van der Waals surface area (Å²) in [6, 6.07) is 2.31. The van der Waals surface area contributed by atoms with Gasteiger partial charge in [-0.1, -0.05) is 0 Å². The van der Waals surface area contributed by atoms with Gasteiger partial charge in [-0.05, 0) is 55.1 Å². The molecule has 0 radical (unpaired) electrons. The van der Waals surface area contributed by atoms with Crippen molar-refractivity contribution in [3.63, 3.8) is 0 Å². The zero-order valence-electron chi connectivity index (χ0n) is 13.3. The van der Waals surface area contributed by atoms with Gasteiger partial charge in [0.2, 0.25) is 0 Å². The van der Waals surface area contributed by atoms with E-state index < -0.39 is 5.60 Å². The third kappa shape index (κ3) is 3.37. The minimum absolute atomic E-state index is 0.186. The van der Waals surface area contributed by atoms with Crippen molar-refractivity contribution >= 4 is 27.7 Å². The van der Waals surface area contributed by atoms with Crippen molar-refractivity contribution in [3.8, 4) is 0 Å². The molecule has 0 aromatic carbocycles. The molecule has 2 bridgehead atoms. The quantitative estimate of drug-likeness (QED) is 0.763. The zero-order chi connectivity index (χ0) is 15.9. The van der Waals surface area contributed by atoms with E-state index in [0.29, 0.717) is 5.92 Å². The summed E-state index contributed by atoms with van der Waals surface area (Å²) < 4.78 is 6.52. The smallest absolute Gasteiger partial charge is 0.410 e. The number of piperidine rings is 1. The number of amides is 1. The largest absolute Gasteiger partial charge is 0.444 e. The number of likely N-dealkylation sites (tertiary alicyclic amines) is 1. The maximum Gasteiger partial charge on any atom is 0.410 e. The number of hydrogen-bond donors (Lipinski definition) is 0. The number of carbonyl (C=O) groups is 1. The first kappa shape index (κ1) is 15.6. The second kappa shape index (κ2) is 5.72. The number of fused-ring (bicyclic) bond motifs is 2. The van der Waals surface area contributed by atoms with Crippen molar-refractivity contribution in [2.45, 2.75) is 38.8 Å². The zero-order valence-corrected chi connectivity index (χ0v) is 14.8. The first-order chi connectivity index (χ1) is 10.3. The van der Waals surface area contributed by atoms with Crippen molar-refractivity contribution in [1.82, 2.24) is 9.88 Å². The molecule has 1 aromatic heterocycles. The van der Waals surface area contributed by atoms with Gasteiger partial charge in [0, 0.05) is 30.3 Å². The van der Waals surface area contributed by atoms with Gasteiger partial charge >= 0.3 is 6.09 Å². The Bertz CT molecular complexity index is 573. The Labute approximate surface area is 139 Å². The standard InChI is InChI=1S/C16H22BrN3O2/c1-16(2,3)22-15(21)20-9-11-4-14(20)10-19(8-11)13-5-12(17)6-18-7-13/h5-7,11,14H,4,8-10H2,1-3H3. The molecule has 3 heterocycles. The van der Waals surface area contributed by atoms with Gasteiger partial charge < -0.3 is 14.5 Å². The van der Waals surface area contributed by atoms with Gasteiger partial charge in [0.15, 0.2) is 0 Å². The van der Waals surface area contributed by atoms with Crippen molar-refractivity contribution in [3.05, 3.63) is 22.9 Å². The molecule has 2 saturated heterocycles. The first-order valence-corrected chi connectivity index (χ1v) is 8.46. The molecule has 0 N–H and O–H groups in total. The van der Waals surface area contributed by atoms with E-state index in [0.717, 1.165) is 36.2 Å². The summed E-state index contributed by atoms with van der Waals surface area (Å²) in [6.07, 6.45) is 4.55. The summed E-state index contributed by atoms with van der Waals surface area (Å²) >= 11 is 3.47. The number of rotatable bonds is 1. The molecule has 1 aromatic rings. The molecule has 2 aliphatic rings. The van der Waals surface area contributed by atoms with Crippen LogP contribution in [-0.2, 0) is 4.74 Å². The monoisotopic (exact) mass is 367 g/mol. The maximum absolute atomic E-state index is 12.4. The number of hydrogen-bond acceptors (Lipinski definition) is 4. The van der Waals surface area contributed by atoms with E-state index >= 15 is 0 Å². The Balaban J connectivity index is 1.71. The van der Waals surface area contributed by atoms with E-state index in [4.69, 9.17) is 4.74 Å². The Morgan fingerprint density at radius 3 is 2.77 bits per heavy atom. The molecule has 2 atom stereocenters. The van der Waals surface area contributed by atoms with Gasteiger partial charge in [-0.3, -0.25) is 4.98 Å². The fourth-order valence-electron chi connectivity index (χ4n) is 3.29. The maximum atomic E-state index is 12.4. The average Bonchev–Trinajstić information content (AvgIpc) is 2.71. The highest BCUT2D eigenvalue weighted by atomic mass is 79.9. The van der Waals surface area contributed by atoms with Crippen LogP contribution in [0.15, 0.2) is 22.9 Å². The minimum atomic E-state index is -0.443. The molecule has 2 unspecified atom stereocenters. The number of aromatic nitrogens is 1. The second-order valence-electron chi connectivity index (χ2n) is 7.15. The van der Waals surface area contributed by atoms with Crippen LogP contribution in [0.2, 0.25) is 0 Å². The van der Waals surface area contributed by atoms with E-state index in [-0.39, 0.29) is 12.1 Å². The third-order valence-electron chi connectivity index (χ3n) is 4.09. The number of ether oxygens (including phenoxy) is 1. The summed E-state index contributed by atoms with van der Waals surface area (Å²) in [7, 11) is 0. The Kier molecular flexibility index (Phi) is 4.05. The van der Waals surface area contributed by atoms with Crippen LogP contribution in [0.3, 0.4) is 0 Å². The molecule has 2 fully saturated rings. The summed E-state index contributed by atoms with van der Waals surface area (Å²) in [4.78, 5) is 20.8. The van der Waals surface area contributed by atoms with Crippen LogP contribution in [-0.4, -0.2) is 47.3 Å². The molecule has 5 nitrogen and oxygen atoms in total. The highest BCUT2D eigenvalue weighted by molar-refractivity contribution is 9.10. The number of carbonyl (C=O) groups excluding carboxylic acids is 1. The predicted molar refractivity (Wildman–Crippen MR) is 89.0 cm³/mol. The topological polar surface area (TPSA) is 45.7 Å². The third-order valence-corrected chi connectivity index (χ3v) is 4.53. The lowest BCUT2D eigenvalue weighted by Crippen LogP contribution is -2.45. The molecule has 3 rings (SSSR count).